The number of carbonyl (C=O) groups excluding carboxylic acids is 2. The van der Waals surface area contributed by atoms with Crippen LogP contribution in [0.25, 0.3) is 0 Å². The van der Waals surface area contributed by atoms with Gasteiger partial charge in [-0.25, -0.2) is 0 Å². The number of rotatable bonds is 6. The molecule has 0 aliphatic carbocycles. The highest BCUT2D eigenvalue weighted by Crippen LogP contribution is 2.30. The fourth-order valence-corrected chi connectivity index (χ4v) is 3.02. The molecule has 2 aromatic carbocycles. The highest BCUT2D eigenvalue weighted by Gasteiger charge is 2.26. The molecule has 136 valence electrons. The predicted molar refractivity (Wildman–Crippen MR) is 101 cm³/mol. The number of amides is 2. The maximum Gasteiger partial charge on any atom is 0.258 e. The monoisotopic (exact) mass is 352 g/mol. The Morgan fingerprint density at radius 2 is 1.92 bits per heavy atom. The Bertz CT molecular complexity index is 787. The summed E-state index contributed by atoms with van der Waals surface area (Å²) in [6.07, 6.45) is 0.854. The summed E-state index contributed by atoms with van der Waals surface area (Å²) in [6.45, 7) is 5.00. The van der Waals surface area contributed by atoms with E-state index in [0.717, 1.165) is 29.8 Å². The van der Waals surface area contributed by atoms with Crippen LogP contribution in [0, 0.1) is 5.92 Å². The molecule has 0 saturated carbocycles. The van der Waals surface area contributed by atoms with Gasteiger partial charge in [-0.2, -0.15) is 0 Å². The summed E-state index contributed by atoms with van der Waals surface area (Å²) in [7, 11) is 0. The van der Waals surface area contributed by atoms with Crippen LogP contribution < -0.4 is 15.0 Å². The molecule has 0 fully saturated rings. The molecule has 0 atom stereocenters. The van der Waals surface area contributed by atoms with Crippen molar-refractivity contribution in [1.29, 1.82) is 0 Å². The fraction of sp³-hybridized carbons (Fsp3) is 0.333. The van der Waals surface area contributed by atoms with E-state index in [0.29, 0.717) is 12.3 Å². The van der Waals surface area contributed by atoms with Crippen LogP contribution in [0.1, 0.15) is 25.0 Å². The standard InChI is InChI=1S/C21H24N2O3/c1-15(2)21(25)23-11-10-17-12-16(8-9-19(17)23)13-22-20(24)14-26-18-6-4-3-5-7-18/h3-9,12,15H,10-11,13-14H2,1-2H3,(H,22,24). The zero-order valence-corrected chi connectivity index (χ0v) is 15.2. The Balaban J connectivity index is 1.53. The van der Waals surface area contributed by atoms with Crippen molar-refractivity contribution in [2.75, 3.05) is 18.1 Å². The van der Waals surface area contributed by atoms with Gasteiger partial charge in [-0.1, -0.05) is 44.2 Å². The average Bonchev–Trinajstić information content (AvgIpc) is 3.08. The van der Waals surface area contributed by atoms with Crippen LogP contribution in [0.5, 0.6) is 5.75 Å². The smallest absolute Gasteiger partial charge is 0.258 e. The van der Waals surface area contributed by atoms with E-state index < -0.39 is 0 Å². The Morgan fingerprint density at radius 1 is 1.15 bits per heavy atom. The van der Waals surface area contributed by atoms with Crippen molar-refractivity contribution < 1.29 is 14.3 Å². The molecule has 0 spiro atoms. The highest BCUT2D eigenvalue weighted by atomic mass is 16.5. The van der Waals surface area contributed by atoms with Crippen LogP contribution in [0.3, 0.4) is 0 Å². The van der Waals surface area contributed by atoms with Crippen molar-refractivity contribution in [2.24, 2.45) is 5.92 Å². The number of hydrogen-bond acceptors (Lipinski definition) is 3. The zero-order chi connectivity index (χ0) is 18.5. The minimum atomic E-state index is -0.161. The van der Waals surface area contributed by atoms with Crippen molar-refractivity contribution in [3.8, 4) is 5.75 Å². The molecule has 26 heavy (non-hydrogen) atoms. The van der Waals surface area contributed by atoms with Gasteiger partial charge in [-0.15, -0.1) is 0 Å². The first-order valence-electron chi connectivity index (χ1n) is 8.92. The number of benzene rings is 2. The summed E-state index contributed by atoms with van der Waals surface area (Å²) >= 11 is 0. The Hall–Kier alpha value is -2.82. The molecular weight excluding hydrogens is 328 g/mol. The van der Waals surface area contributed by atoms with Crippen LogP contribution in [-0.2, 0) is 22.6 Å². The second kappa shape index (κ2) is 8.04. The largest absolute Gasteiger partial charge is 0.484 e. The third-order valence-corrected chi connectivity index (χ3v) is 4.40. The van der Waals surface area contributed by atoms with Gasteiger partial charge in [0.2, 0.25) is 5.91 Å². The van der Waals surface area contributed by atoms with Crippen LogP contribution in [0.4, 0.5) is 5.69 Å². The summed E-state index contributed by atoms with van der Waals surface area (Å²) in [6, 6.07) is 15.3. The lowest BCUT2D eigenvalue weighted by Gasteiger charge is -2.19. The molecule has 5 nitrogen and oxygen atoms in total. The lowest BCUT2D eigenvalue weighted by molar-refractivity contribution is -0.123. The van der Waals surface area contributed by atoms with E-state index in [4.69, 9.17) is 4.74 Å². The number of hydrogen-bond donors (Lipinski definition) is 1. The maximum absolute atomic E-state index is 12.3. The van der Waals surface area contributed by atoms with Gasteiger partial charge in [0.15, 0.2) is 6.61 Å². The first-order chi connectivity index (χ1) is 12.5. The van der Waals surface area contributed by atoms with Gasteiger partial charge < -0.3 is 15.0 Å². The van der Waals surface area contributed by atoms with E-state index in [1.807, 2.05) is 61.2 Å². The second-order valence-corrected chi connectivity index (χ2v) is 6.74. The molecule has 0 radical (unpaired) electrons. The van der Waals surface area contributed by atoms with Gasteiger partial charge in [0, 0.05) is 24.7 Å². The number of anilines is 1. The number of carbonyl (C=O) groups is 2. The number of ether oxygens (including phenoxy) is 1. The Morgan fingerprint density at radius 3 is 2.65 bits per heavy atom. The van der Waals surface area contributed by atoms with Crippen molar-refractivity contribution in [2.45, 2.75) is 26.8 Å². The first-order valence-corrected chi connectivity index (χ1v) is 8.92. The maximum atomic E-state index is 12.3. The van der Waals surface area contributed by atoms with Crippen molar-refractivity contribution in [1.82, 2.24) is 5.32 Å². The van der Waals surface area contributed by atoms with E-state index in [9.17, 15) is 9.59 Å². The van der Waals surface area contributed by atoms with Gasteiger partial charge in [-0.05, 0) is 35.7 Å². The molecule has 0 saturated heterocycles. The fourth-order valence-electron chi connectivity index (χ4n) is 3.02. The molecule has 0 aromatic heterocycles. The van der Waals surface area contributed by atoms with Gasteiger partial charge in [0.05, 0.1) is 0 Å². The van der Waals surface area contributed by atoms with Gasteiger partial charge in [0.1, 0.15) is 5.75 Å². The normalized spacial score (nSPS) is 12.8. The van der Waals surface area contributed by atoms with Gasteiger partial charge in [0.25, 0.3) is 5.91 Å². The minimum absolute atomic E-state index is 0.00831. The van der Waals surface area contributed by atoms with Gasteiger partial charge in [-0.3, -0.25) is 9.59 Å². The first kappa shape index (κ1) is 18.0. The molecule has 5 heteroatoms. The Labute approximate surface area is 154 Å². The van der Waals surface area contributed by atoms with Crippen LogP contribution in [-0.4, -0.2) is 25.0 Å². The second-order valence-electron chi connectivity index (χ2n) is 6.74. The van der Waals surface area contributed by atoms with Crippen molar-refractivity contribution >= 4 is 17.5 Å². The van der Waals surface area contributed by atoms with E-state index >= 15 is 0 Å². The minimum Gasteiger partial charge on any atom is -0.484 e. The molecule has 0 bridgehead atoms. The van der Waals surface area contributed by atoms with Crippen molar-refractivity contribution in [3.05, 3.63) is 59.7 Å². The third kappa shape index (κ3) is 4.23. The number of para-hydroxylation sites is 1. The summed E-state index contributed by atoms with van der Waals surface area (Å²) < 4.78 is 5.44. The molecule has 1 heterocycles. The molecule has 1 aliphatic rings. The number of nitrogens with zero attached hydrogens (tertiary/aromatic N) is 1. The number of fused-ring (bicyclic) bond motifs is 1. The predicted octanol–water partition coefficient (Wildman–Crippen LogP) is 2.93. The third-order valence-electron chi connectivity index (χ3n) is 4.40. The Kier molecular flexibility index (Phi) is 5.56. The molecule has 2 amide bonds. The van der Waals surface area contributed by atoms with E-state index in [-0.39, 0.29) is 24.3 Å². The lowest BCUT2D eigenvalue weighted by atomic mass is 10.1. The average molecular weight is 352 g/mol. The van der Waals surface area contributed by atoms with Crippen LogP contribution in [0.15, 0.2) is 48.5 Å². The van der Waals surface area contributed by atoms with Crippen LogP contribution >= 0.6 is 0 Å². The van der Waals surface area contributed by atoms with E-state index in [2.05, 4.69) is 11.4 Å². The SMILES string of the molecule is CC(C)C(=O)N1CCc2cc(CNC(=O)COc3ccccc3)ccc21. The molecule has 1 N–H and O–H groups in total. The molecule has 1 aliphatic heterocycles. The van der Waals surface area contributed by atoms with E-state index in [1.54, 1.807) is 0 Å². The zero-order valence-electron chi connectivity index (χ0n) is 15.2. The summed E-state index contributed by atoms with van der Waals surface area (Å²) in [5.41, 5.74) is 3.17. The quantitative estimate of drug-likeness (QED) is 0.870. The topological polar surface area (TPSA) is 58.6 Å². The highest BCUT2D eigenvalue weighted by molar-refractivity contribution is 5.96. The summed E-state index contributed by atoms with van der Waals surface area (Å²) in [5, 5.41) is 2.87. The van der Waals surface area contributed by atoms with Crippen molar-refractivity contribution in [3.63, 3.8) is 0 Å². The summed E-state index contributed by atoms with van der Waals surface area (Å²) in [4.78, 5) is 26.1. The van der Waals surface area contributed by atoms with Crippen LogP contribution in [0.2, 0.25) is 0 Å². The number of nitrogens with one attached hydrogen (secondary N) is 1. The lowest BCUT2D eigenvalue weighted by Crippen LogP contribution is -2.32. The molecule has 2 aromatic rings. The summed E-state index contributed by atoms with van der Waals surface area (Å²) in [5.74, 6) is 0.661. The molecule has 3 rings (SSSR count). The van der Waals surface area contributed by atoms with E-state index in [1.165, 1.54) is 0 Å². The molecular formula is C21H24N2O3. The molecule has 0 unspecified atom stereocenters. The van der Waals surface area contributed by atoms with Gasteiger partial charge >= 0.3 is 0 Å².